The summed E-state index contributed by atoms with van der Waals surface area (Å²) in [7, 11) is 4.30. The molecule has 8 nitrogen and oxygen atoms in total. The Morgan fingerprint density at radius 1 is 0.636 bits per heavy atom. The van der Waals surface area contributed by atoms with Gasteiger partial charge >= 0.3 is 0 Å². The molecule has 0 saturated carbocycles. The summed E-state index contributed by atoms with van der Waals surface area (Å²) in [4.78, 5) is 13.9. The van der Waals surface area contributed by atoms with Gasteiger partial charge in [0.25, 0.3) is 0 Å². The Kier molecular flexibility index (Phi) is 12.9. The van der Waals surface area contributed by atoms with Gasteiger partial charge in [-0.15, -0.1) is 36.1 Å². The van der Waals surface area contributed by atoms with Crippen LogP contribution in [-0.2, 0) is 26.5 Å². The van der Waals surface area contributed by atoms with E-state index in [1.165, 1.54) is 5.56 Å². The summed E-state index contributed by atoms with van der Waals surface area (Å²) in [5.41, 5.74) is 11.1. The van der Waals surface area contributed by atoms with Gasteiger partial charge in [-0.25, -0.2) is 4.98 Å². The summed E-state index contributed by atoms with van der Waals surface area (Å²) in [6, 6.07) is 40.6. The van der Waals surface area contributed by atoms with Crippen molar-refractivity contribution in [2.45, 2.75) is 26.2 Å². The molecule has 0 atom stereocenters. The standard InChI is InChI=1S/C55H44B2N7O.Pt/c1-55(2,3)39-25-33-60-52(35-39)64-48-20-5-4-15-42(48)43-24-23-41(37-51(43)64)65-53-36-40(26-34-61-53)62-38-63(50-22-7-6-21-49(50)62)54-44(46-18-13-31-58-29-10-8-27-56-46)16-12-17-45(54)47-19-14-32-59-30-11-9-28-57-47;/h4-35,38,58-59H,1-3H3;/q-3;/b27-8-,28-9-,29-10-,30-11-,31-13-,32-14-,46-18-,47-19-;. The van der Waals surface area contributed by atoms with E-state index >= 15 is 0 Å². The van der Waals surface area contributed by atoms with Crippen LogP contribution in [0.1, 0.15) is 37.5 Å². The number of hydrogen-bond donors (Lipinski definition) is 2. The minimum Gasteiger partial charge on any atom is -0.503 e. The zero-order valence-corrected chi connectivity index (χ0v) is 38.9. The van der Waals surface area contributed by atoms with Gasteiger partial charge in [0, 0.05) is 80.4 Å². The quantitative estimate of drug-likeness (QED) is 0.122. The number of rotatable bonds is 7. The Morgan fingerprint density at radius 3 is 2.00 bits per heavy atom. The van der Waals surface area contributed by atoms with Crippen LogP contribution in [0, 0.1) is 18.8 Å². The molecule has 0 amide bonds. The summed E-state index contributed by atoms with van der Waals surface area (Å²) >= 11 is 0. The van der Waals surface area contributed by atoms with Crippen LogP contribution in [0.4, 0.5) is 22.7 Å². The SMILES string of the molecule is CC(C)(C)c1ccnc(-n2c3[c-]c(Oc4[c-]c(N5[CH-]N(c6c(/C7=C/C=C\N/C=C\C=C/[B]7)cccc6/C6=C/C=C\N/C=C\C=C/[B]6)c6ccccc65)ccn4)ccc3c3ccccc32)c1.[Pt]. The zero-order valence-electron chi connectivity index (χ0n) is 36.7. The number of nitrogens with zero attached hydrogens (tertiary/aromatic N) is 5. The van der Waals surface area contributed by atoms with Crippen molar-refractivity contribution in [1.29, 1.82) is 0 Å². The third-order valence-electron chi connectivity index (χ3n) is 11.4. The van der Waals surface area contributed by atoms with Crippen LogP contribution >= 0.6 is 0 Å². The molecule has 2 N–H and O–H groups in total. The minimum atomic E-state index is -0.0416. The average molecular weight is 1040 g/mol. The van der Waals surface area contributed by atoms with Crippen LogP contribution in [-0.4, -0.2) is 29.1 Å². The molecule has 7 aromatic rings. The molecule has 11 heteroatoms. The van der Waals surface area contributed by atoms with Crippen molar-refractivity contribution in [1.82, 2.24) is 25.2 Å². The molecule has 3 aliphatic rings. The van der Waals surface area contributed by atoms with E-state index in [0.717, 1.165) is 72.4 Å². The number of ether oxygens (including phenoxy) is 1. The van der Waals surface area contributed by atoms with Crippen LogP contribution in [0.2, 0.25) is 0 Å². The number of benzene rings is 4. The summed E-state index contributed by atoms with van der Waals surface area (Å²) in [6.45, 7) is 8.78. The van der Waals surface area contributed by atoms with Gasteiger partial charge in [-0.3, -0.25) is 4.98 Å². The molecule has 4 aromatic carbocycles. The molecule has 66 heavy (non-hydrogen) atoms. The largest absolute Gasteiger partial charge is 0.503 e. The van der Waals surface area contributed by atoms with E-state index in [-0.39, 0.29) is 26.5 Å². The number of pyridine rings is 2. The first-order chi connectivity index (χ1) is 31.9. The Morgan fingerprint density at radius 2 is 1.29 bits per heavy atom. The van der Waals surface area contributed by atoms with E-state index in [9.17, 15) is 0 Å². The van der Waals surface area contributed by atoms with Gasteiger partial charge in [-0.1, -0.05) is 110 Å². The number of aromatic nitrogens is 3. The Bertz CT molecular complexity index is 3120. The maximum Gasteiger partial charge on any atom is 0.182 e. The molecule has 0 unspecified atom stereocenters. The van der Waals surface area contributed by atoms with Crippen molar-refractivity contribution < 1.29 is 25.8 Å². The predicted molar refractivity (Wildman–Crippen MR) is 269 cm³/mol. The molecule has 3 aromatic heterocycles. The smallest absolute Gasteiger partial charge is 0.182 e. The summed E-state index contributed by atoms with van der Waals surface area (Å²) < 4.78 is 8.72. The fourth-order valence-electron chi connectivity index (χ4n) is 8.25. The monoisotopic (exact) mass is 1040 g/mol. The first-order valence-electron chi connectivity index (χ1n) is 21.6. The fourth-order valence-corrected chi connectivity index (χ4v) is 8.25. The van der Waals surface area contributed by atoms with Crippen LogP contribution in [0.25, 0.3) is 38.6 Å². The van der Waals surface area contributed by atoms with Gasteiger partial charge in [0.15, 0.2) is 14.6 Å². The van der Waals surface area contributed by atoms with Crippen LogP contribution < -0.4 is 25.2 Å². The summed E-state index contributed by atoms with van der Waals surface area (Å²) in [5, 5.41) is 8.59. The second-order valence-corrected chi connectivity index (χ2v) is 16.6. The van der Waals surface area contributed by atoms with Gasteiger partial charge in [0.1, 0.15) is 11.7 Å². The Balaban J connectivity index is 0.00000548. The van der Waals surface area contributed by atoms with E-state index in [1.807, 2.05) is 79.6 Å². The van der Waals surface area contributed by atoms with Crippen LogP contribution in [0.15, 0.2) is 195 Å². The van der Waals surface area contributed by atoms with E-state index in [2.05, 4.69) is 193 Å². The molecule has 0 spiro atoms. The molecule has 6 heterocycles. The molecule has 2 radical (unpaired) electrons. The molecule has 0 aliphatic carbocycles. The van der Waals surface area contributed by atoms with Crippen LogP contribution in [0.3, 0.4) is 0 Å². The molecule has 3 aliphatic heterocycles. The maximum atomic E-state index is 6.55. The van der Waals surface area contributed by atoms with Gasteiger partial charge in [0.2, 0.25) is 0 Å². The van der Waals surface area contributed by atoms with Crippen molar-refractivity contribution in [3.63, 3.8) is 0 Å². The minimum absolute atomic E-state index is 0. The van der Waals surface area contributed by atoms with E-state index < -0.39 is 0 Å². The summed E-state index contributed by atoms with van der Waals surface area (Å²) in [5.74, 6) is 5.80. The van der Waals surface area contributed by atoms with E-state index in [0.29, 0.717) is 11.6 Å². The Hall–Kier alpha value is -7.28. The second kappa shape index (κ2) is 19.4. The first-order valence-corrected chi connectivity index (χ1v) is 21.6. The number of fused-ring (bicyclic) bond motifs is 4. The van der Waals surface area contributed by atoms with Crippen molar-refractivity contribution in [2.24, 2.45) is 0 Å². The van der Waals surface area contributed by atoms with Gasteiger partial charge in [-0.2, -0.15) is 23.9 Å². The molecular formula is C55H44B2N7OPt-3. The number of hydrogen-bond acceptors (Lipinski definition) is 7. The summed E-state index contributed by atoms with van der Waals surface area (Å²) in [6.07, 6.45) is 27.6. The van der Waals surface area contributed by atoms with Crippen LogP contribution in [0.5, 0.6) is 11.6 Å². The predicted octanol–water partition coefficient (Wildman–Crippen LogP) is 12.0. The van der Waals surface area contributed by atoms with Crippen molar-refractivity contribution in [3.05, 3.63) is 230 Å². The van der Waals surface area contributed by atoms with E-state index in [1.54, 1.807) is 6.20 Å². The van der Waals surface area contributed by atoms with Crippen molar-refractivity contribution in [2.75, 3.05) is 9.80 Å². The third-order valence-corrected chi connectivity index (χ3v) is 11.4. The fraction of sp³-hybridized carbons (Fsp3) is 0.0727. The first kappa shape index (κ1) is 43.9. The normalized spacial score (nSPS) is 19.1. The number of anilines is 4. The number of para-hydroxylation sites is 4. The van der Waals surface area contributed by atoms with Crippen molar-refractivity contribution >= 4 is 70.1 Å². The molecule has 0 bridgehead atoms. The molecule has 10 rings (SSSR count). The number of allylic oxidation sites excluding steroid dienone is 8. The van der Waals surface area contributed by atoms with Gasteiger partial charge < -0.3 is 29.7 Å². The zero-order chi connectivity index (χ0) is 44.2. The maximum absolute atomic E-state index is 6.55. The third kappa shape index (κ3) is 9.02. The van der Waals surface area contributed by atoms with Crippen molar-refractivity contribution in [3.8, 4) is 17.4 Å². The number of nitrogens with one attached hydrogen (secondary N) is 2. The van der Waals surface area contributed by atoms with E-state index in [4.69, 9.17) is 9.72 Å². The molecule has 0 saturated heterocycles. The van der Waals surface area contributed by atoms with Gasteiger partial charge in [-0.05, 0) is 88.3 Å². The van der Waals surface area contributed by atoms with Gasteiger partial charge in [0.05, 0.1) is 0 Å². The Labute approximate surface area is 402 Å². The molecule has 0 fully saturated rings. The second-order valence-electron chi connectivity index (χ2n) is 16.6. The topological polar surface area (TPSA) is 70.5 Å². The molecular weight excluding hydrogens is 991 g/mol. The average Bonchev–Trinajstić information content (AvgIpc) is 3.88. The molecule has 324 valence electrons.